The van der Waals surface area contributed by atoms with Crippen molar-refractivity contribution in [1.82, 2.24) is 4.98 Å². The number of nitrogens with zero attached hydrogens (tertiary/aromatic N) is 2. The third-order valence-corrected chi connectivity index (χ3v) is 7.02. The number of carbonyl (C=O) groups excluding carboxylic acids is 2. The second-order valence-electron chi connectivity index (χ2n) is 8.37. The third kappa shape index (κ3) is 3.85. The van der Waals surface area contributed by atoms with Gasteiger partial charge >= 0.3 is 5.91 Å². The van der Waals surface area contributed by atoms with Crippen LogP contribution in [0.3, 0.4) is 0 Å². The van der Waals surface area contributed by atoms with Gasteiger partial charge in [-0.25, -0.2) is 9.37 Å². The third-order valence-electron chi connectivity index (χ3n) is 6.02. The fraction of sp³-hybridized carbons (Fsp3) is 0.148. The average Bonchev–Trinajstić information content (AvgIpc) is 3.38. The van der Waals surface area contributed by atoms with Crippen LogP contribution in [0.1, 0.15) is 28.3 Å². The molecule has 8 heteroatoms. The van der Waals surface area contributed by atoms with E-state index >= 15 is 0 Å². The second-order valence-corrected chi connectivity index (χ2v) is 9.38. The van der Waals surface area contributed by atoms with Gasteiger partial charge in [-0.05, 0) is 73.0 Å². The number of aliphatic hydroxyl groups excluding tert-OH is 1. The number of fused-ring (bicyclic) bond motifs is 1. The van der Waals surface area contributed by atoms with E-state index in [2.05, 4.69) is 0 Å². The molecule has 5 rings (SSSR count). The minimum absolute atomic E-state index is 0.0843. The number of hydrogen-bond donors (Lipinski definition) is 1. The summed E-state index contributed by atoms with van der Waals surface area (Å²) in [5.74, 6) is -1.87. The number of thiazole rings is 1. The van der Waals surface area contributed by atoms with Crippen molar-refractivity contribution < 1.29 is 23.8 Å². The van der Waals surface area contributed by atoms with Gasteiger partial charge in [0.1, 0.15) is 17.3 Å². The minimum atomic E-state index is -0.923. The molecular formula is C27H21FN2O4S. The van der Waals surface area contributed by atoms with Gasteiger partial charge in [-0.15, -0.1) is 0 Å². The number of Topliss-reactive ketones (excluding diaryl/α,β-unsaturated/α-hetero) is 1. The number of anilines is 1. The molecule has 0 saturated carbocycles. The van der Waals surface area contributed by atoms with Crippen LogP contribution < -0.4 is 9.64 Å². The van der Waals surface area contributed by atoms with Gasteiger partial charge in [0.2, 0.25) is 0 Å². The summed E-state index contributed by atoms with van der Waals surface area (Å²) in [4.78, 5) is 32.7. The summed E-state index contributed by atoms with van der Waals surface area (Å²) in [6, 6.07) is 15.1. The number of benzene rings is 3. The SMILES string of the molecule is COc1ccc([C@H]2C(=C(O)c3ccc(F)cc3)C(=O)C(=O)N2c2nc3c(C)cc(C)cc3s2)cc1. The van der Waals surface area contributed by atoms with Crippen molar-refractivity contribution in [3.05, 3.63) is 94.3 Å². The molecule has 4 aromatic rings. The topological polar surface area (TPSA) is 79.7 Å². The Labute approximate surface area is 204 Å². The Kier molecular flexibility index (Phi) is 5.61. The largest absolute Gasteiger partial charge is 0.507 e. The molecule has 0 bridgehead atoms. The average molecular weight is 489 g/mol. The summed E-state index contributed by atoms with van der Waals surface area (Å²) in [5, 5.41) is 11.5. The van der Waals surface area contributed by atoms with Gasteiger partial charge in [-0.2, -0.15) is 0 Å². The summed E-state index contributed by atoms with van der Waals surface area (Å²) in [5.41, 5.74) is 3.53. The summed E-state index contributed by atoms with van der Waals surface area (Å²) < 4.78 is 19.6. The lowest BCUT2D eigenvalue weighted by molar-refractivity contribution is -0.132. The molecule has 1 aromatic heterocycles. The van der Waals surface area contributed by atoms with Gasteiger partial charge in [-0.1, -0.05) is 29.5 Å². The van der Waals surface area contributed by atoms with Crippen LogP contribution in [0.4, 0.5) is 9.52 Å². The second kappa shape index (κ2) is 8.63. The molecule has 1 saturated heterocycles. The van der Waals surface area contributed by atoms with Gasteiger partial charge in [0, 0.05) is 5.56 Å². The quantitative estimate of drug-likeness (QED) is 0.227. The maximum atomic E-state index is 13.5. The van der Waals surface area contributed by atoms with E-state index in [-0.39, 0.29) is 16.9 Å². The molecule has 6 nitrogen and oxygen atoms in total. The summed E-state index contributed by atoms with van der Waals surface area (Å²) >= 11 is 1.31. The van der Waals surface area contributed by atoms with E-state index in [1.165, 1.54) is 40.5 Å². The zero-order valence-electron chi connectivity index (χ0n) is 19.2. The van der Waals surface area contributed by atoms with Crippen LogP contribution in [0, 0.1) is 19.7 Å². The van der Waals surface area contributed by atoms with Gasteiger partial charge in [0.25, 0.3) is 5.78 Å². The first-order chi connectivity index (χ1) is 16.8. The highest BCUT2D eigenvalue weighted by atomic mass is 32.1. The fourth-order valence-electron chi connectivity index (χ4n) is 4.36. The maximum absolute atomic E-state index is 13.5. The fourth-order valence-corrected chi connectivity index (χ4v) is 5.53. The monoisotopic (exact) mass is 488 g/mol. The van der Waals surface area contributed by atoms with Crippen molar-refractivity contribution in [2.24, 2.45) is 0 Å². The number of ketones is 1. The minimum Gasteiger partial charge on any atom is -0.507 e. The van der Waals surface area contributed by atoms with Crippen LogP contribution in [-0.2, 0) is 9.59 Å². The Morgan fingerprint density at radius 2 is 1.74 bits per heavy atom. The Balaban J connectivity index is 1.73. The van der Waals surface area contributed by atoms with Crippen molar-refractivity contribution in [3.8, 4) is 5.75 Å². The Bertz CT molecular complexity index is 1510. The predicted octanol–water partition coefficient (Wildman–Crippen LogP) is 5.69. The normalized spacial score (nSPS) is 17.4. The van der Waals surface area contributed by atoms with E-state index in [1.54, 1.807) is 31.4 Å². The number of ether oxygens (including phenoxy) is 1. The van der Waals surface area contributed by atoms with Crippen molar-refractivity contribution in [3.63, 3.8) is 0 Å². The number of hydrogen-bond acceptors (Lipinski definition) is 6. The molecule has 1 N–H and O–H groups in total. The molecule has 176 valence electrons. The van der Waals surface area contributed by atoms with E-state index in [0.29, 0.717) is 16.4 Å². The molecule has 0 aliphatic carbocycles. The van der Waals surface area contributed by atoms with E-state index in [0.717, 1.165) is 21.3 Å². The first-order valence-corrected chi connectivity index (χ1v) is 11.7. The van der Waals surface area contributed by atoms with Gasteiger partial charge in [0.05, 0.1) is 28.9 Å². The highest BCUT2D eigenvalue weighted by molar-refractivity contribution is 7.22. The van der Waals surface area contributed by atoms with Crippen LogP contribution in [0.15, 0.2) is 66.2 Å². The summed E-state index contributed by atoms with van der Waals surface area (Å²) in [7, 11) is 1.54. The van der Waals surface area contributed by atoms with Crippen molar-refractivity contribution in [2.75, 3.05) is 12.0 Å². The number of aryl methyl sites for hydroxylation is 2. The number of carbonyl (C=O) groups is 2. The number of amides is 1. The molecule has 0 unspecified atom stereocenters. The van der Waals surface area contributed by atoms with Crippen LogP contribution in [-0.4, -0.2) is 28.9 Å². The zero-order valence-corrected chi connectivity index (χ0v) is 20.0. The van der Waals surface area contributed by atoms with E-state index in [4.69, 9.17) is 9.72 Å². The molecule has 35 heavy (non-hydrogen) atoms. The molecule has 1 aliphatic heterocycles. The number of aromatic nitrogens is 1. The highest BCUT2D eigenvalue weighted by Gasteiger charge is 2.48. The maximum Gasteiger partial charge on any atom is 0.301 e. The van der Waals surface area contributed by atoms with Crippen molar-refractivity contribution >= 4 is 44.1 Å². The number of aliphatic hydroxyl groups is 1. The Morgan fingerprint density at radius 3 is 2.40 bits per heavy atom. The molecule has 1 aliphatic rings. The number of halogens is 1. The molecule has 2 heterocycles. The Morgan fingerprint density at radius 1 is 1.06 bits per heavy atom. The van der Waals surface area contributed by atoms with Crippen LogP contribution in [0.25, 0.3) is 16.0 Å². The molecular weight excluding hydrogens is 467 g/mol. The number of rotatable bonds is 4. The molecule has 0 spiro atoms. The van der Waals surface area contributed by atoms with E-state index < -0.39 is 23.5 Å². The lowest BCUT2D eigenvalue weighted by Crippen LogP contribution is -2.29. The first-order valence-electron chi connectivity index (χ1n) is 10.9. The van der Waals surface area contributed by atoms with Crippen molar-refractivity contribution in [1.29, 1.82) is 0 Å². The molecule has 1 fully saturated rings. The van der Waals surface area contributed by atoms with Crippen LogP contribution >= 0.6 is 11.3 Å². The van der Waals surface area contributed by atoms with Crippen LogP contribution in [0.2, 0.25) is 0 Å². The highest BCUT2D eigenvalue weighted by Crippen LogP contribution is 2.45. The predicted molar refractivity (Wildman–Crippen MR) is 133 cm³/mol. The lowest BCUT2D eigenvalue weighted by atomic mass is 9.95. The summed E-state index contributed by atoms with van der Waals surface area (Å²) in [6.45, 7) is 3.93. The molecule has 1 atom stereocenters. The molecule has 0 radical (unpaired) electrons. The van der Waals surface area contributed by atoms with Crippen LogP contribution in [0.5, 0.6) is 5.75 Å². The summed E-state index contributed by atoms with van der Waals surface area (Å²) in [6.07, 6.45) is 0. The van der Waals surface area contributed by atoms with Gasteiger partial charge < -0.3 is 9.84 Å². The van der Waals surface area contributed by atoms with Crippen molar-refractivity contribution in [2.45, 2.75) is 19.9 Å². The molecule has 3 aromatic carbocycles. The zero-order chi connectivity index (χ0) is 24.9. The van der Waals surface area contributed by atoms with Gasteiger partial charge in [0.15, 0.2) is 5.13 Å². The first kappa shape index (κ1) is 22.7. The Hall–Kier alpha value is -4.04. The number of methoxy groups -OCH3 is 1. The standard InChI is InChI=1S/C27H21FN2O4S/c1-14-12-15(2)22-20(13-14)35-27(29-22)30-23(16-6-10-19(34-3)11-7-16)21(25(32)26(30)33)24(31)17-4-8-18(28)9-5-17/h4-13,23,31H,1-3H3/t23-/m0/s1. The van der Waals surface area contributed by atoms with Gasteiger partial charge in [-0.3, -0.25) is 14.5 Å². The van der Waals surface area contributed by atoms with E-state index in [9.17, 15) is 19.1 Å². The molecule has 1 amide bonds. The lowest BCUT2D eigenvalue weighted by Gasteiger charge is -2.23. The smallest absolute Gasteiger partial charge is 0.301 e. The van der Waals surface area contributed by atoms with E-state index in [1.807, 2.05) is 26.0 Å².